The normalized spacial score (nSPS) is 15.1. The second kappa shape index (κ2) is 15.6. The lowest BCUT2D eigenvalue weighted by molar-refractivity contribution is 0.798. The highest BCUT2D eigenvalue weighted by Crippen LogP contribution is 2.39. The highest BCUT2D eigenvalue weighted by molar-refractivity contribution is 6.08. The monoisotopic (exact) mass is 628 g/mol. The van der Waals surface area contributed by atoms with Gasteiger partial charge in [0.05, 0.1) is 11.7 Å². The Balaban J connectivity index is 1.57. The van der Waals surface area contributed by atoms with E-state index in [2.05, 4.69) is 128 Å². The molecule has 48 heavy (non-hydrogen) atoms. The minimum absolute atomic E-state index is 0.0541. The molecule has 0 saturated carbocycles. The highest BCUT2D eigenvalue weighted by atomic mass is 15.0. The molecule has 2 heterocycles. The van der Waals surface area contributed by atoms with Crippen molar-refractivity contribution in [1.29, 1.82) is 5.41 Å². The van der Waals surface area contributed by atoms with Gasteiger partial charge in [0.25, 0.3) is 0 Å². The summed E-state index contributed by atoms with van der Waals surface area (Å²) in [5, 5.41) is 11.0. The Hall–Kier alpha value is -5.87. The molecule has 4 N–H and O–H groups in total. The van der Waals surface area contributed by atoms with Crippen LogP contribution in [0.3, 0.4) is 0 Å². The largest absolute Gasteiger partial charge is 0.404 e. The molecule has 0 saturated heterocycles. The van der Waals surface area contributed by atoms with Gasteiger partial charge in [0.2, 0.25) is 0 Å². The number of nitrogens with one attached hydrogen (secondary N) is 2. The average molecular weight is 629 g/mol. The maximum Gasteiger partial charge on any atom is 0.0709 e. The lowest BCUT2D eigenvalue weighted by Crippen LogP contribution is -2.25. The van der Waals surface area contributed by atoms with Crippen molar-refractivity contribution >= 4 is 23.9 Å². The third kappa shape index (κ3) is 7.08. The third-order valence-corrected chi connectivity index (χ3v) is 8.91. The molecule has 4 nitrogen and oxygen atoms in total. The summed E-state index contributed by atoms with van der Waals surface area (Å²) in [4.78, 5) is 0. The van der Waals surface area contributed by atoms with Crippen LogP contribution in [-0.2, 0) is 0 Å². The number of hydrogen-bond acceptors (Lipinski definition) is 3. The minimum atomic E-state index is 0.0541. The van der Waals surface area contributed by atoms with Crippen molar-refractivity contribution < 1.29 is 0 Å². The fraction of sp³-hybridized carbons (Fsp3) is 0.114. The maximum absolute atomic E-state index is 7.69. The summed E-state index contributed by atoms with van der Waals surface area (Å²) in [6.07, 6.45) is 24.1. The van der Waals surface area contributed by atoms with E-state index in [-0.39, 0.29) is 6.04 Å². The molecule has 1 aliphatic heterocycles. The van der Waals surface area contributed by atoms with Crippen LogP contribution in [0.25, 0.3) is 45.8 Å². The Kier molecular flexibility index (Phi) is 10.9. The van der Waals surface area contributed by atoms with Gasteiger partial charge in [-0.05, 0) is 120 Å². The summed E-state index contributed by atoms with van der Waals surface area (Å²) in [5.41, 5.74) is 20.2. The molecule has 1 unspecified atom stereocenters. The predicted molar refractivity (Wildman–Crippen MR) is 208 cm³/mol. The first kappa shape index (κ1) is 33.5. The van der Waals surface area contributed by atoms with E-state index in [9.17, 15) is 0 Å². The van der Waals surface area contributed by atoms with Crippen LogP contribution in [-0.4, -0.2) is 16.8 Å². The molecule has 0 bridgehead atoms. The van der Waals surface area contributed by atoms with Crippen LogP contribution >= 0.6 is 0 Å². The quantitative estimate of drug-likeness (QED) is 0.108. The number of nitrogens with two attached hydrogens (primary N) is 1. The van der Waals surface area contributed by atoms with Gasteiger partial charge in [0.1, 0.15) is 0 Å². The molecule has 1 aliphatic rings. The maximum atomic E-state index is 7.69. The molecule has 0 aliphatic carbocycles. The van der Waals surface area contributed by atoms with Crippen LogP contribution in [0.1, 0.15) is 41.3 Å². The zero-order valence-corrected chi connectivity index (χ0v) is 28.1. The molecule has 240 valence electrons. The zero-order chi connectivity index (χ0) is 34.0. The second-order valence-electron chi connectivity index (χ2n) is 11.7. The van der Waals surface area contributed by atoms with E-state index < -0.39 is 0 Å². The van der Waals surface area contributed by atoms with Crippen molar-refractivity contribution in [1.82, 2.24) is 9.88 Å². The van der Waals surface area contributed by atoms with Crippen molar-refractivity contribution in [3.8, 4) is 28.1 Å². The molecule has 0 radical (unpaired) electrons. The Morgan fingerprint density at radius 2 is 1.71 bits per heavy atom. The van der Waals surface area contributed by atoms with Gasteiger partial charge in [-0.25, -0.2) is 0 Å². The van der Waals surface area contributed by atoms with Gasteiger partial charge in [-0.3, -0.25) is 0 Å². The van der Waals surface area contributed by atoms with E-state index in [1.54, 1.807) is 6.20 Å². The van der Waals surface area contributed by atoms with Crippen LogP contribution in [0.4, 0.5) is 0 Å². The Bertz CT molecular complexity index is 1990. The van der Waals surface area contributed by atoms with Gasteiger partial charge in [-0.1, -0.05) is 110 Å². The minimum Gasteiger partial charge on any atom is -0.404 e. The number of nitrogens with zero attached hydrogens (tertiary/aromatic N) is 1. The summed E-state index contributed by atoms with van der Waals surface area (Å²) in [5.74, 6) is 0. The summed E-state index contributed by atoms with van der Waals surface area (Å²) in [6.45, 7) is 14.7. The molecule has 0 amide bonds. The summed E-state index contributed by atoms with van der Waals surface area (Å²) in [7, 11) is 0. The van der Waals surface area contributed by atoms with Crippen LogP contribution in [0, 0.1) is 19.3 Å². The van der Waals surface area contributed by atoms with Crippen LogP contribution in [0.15, 0.2) is 152 Å². The van der Waals surface area contributed by atoms with Crippen LogP contribution < -0.4 is 11.1 Å². The van der Waals surface area contributed by atoms with Crippen LogP contribution in [0.2, 0.25) is 0 Å². The molecule has 1 atom stereocenters. The van der Waals surface area contributed by atoms with Gasteiger partial charge in [0, 0.05) is 23.2 Å². The fourth-order valence-electron chi connectivity index (χ4n) is 6.11. The number of hydrogen-bond donors (Lipinski definition) is 3. The van der Waals surface area contributed by atoms with E-state index in [4.69, 9.17) is 11.1 Å². The van der Waals surface area contributed by atoms with Gasteiger partial charge in [-0.15, -0.1) is 0 Å². The number of rotatable bonds is 12. The van der Waals surface area contributed by atoms with E-state index in [1.807, 2.05) is 49.6 Å². The third-order valence-electron chi connectivity index (χ3n) is 8.91. The van der Waals surface area contributed by atoms with E-state index in [1.165, 1.54) is 17.3 Å². The summed E-state index contributed by atoms with van der Waals surface area (Å²) >= 11 is 0. The van der Waals surface area contributed by atoms with Crippen molar-refractivity contribution in [3.63, 3.8) is 0 Å². The van der Waals surface area contributed by atoms with E-state index >= 15 is 0 Å². The number of aromatic nitrogens is 1. The molecule has 3 aromatic carbocycles. The Labute approximate surface area is 285 Å². The summed E-state index contributed by atoms with van der Waals surface area (Å²) in [6, 6.07) is 25.6. The van der Waals surface area contributed by atoms with Crippen LogP contribution in [0.5, 0.6) is 0 Å². The molecular formula is C44H44N4. The zero-order valence-electron chi connectivity index (χ0n) is 28.1. The lowest BCUT2D eigenvalue weighted by atomic mass is 9.94. The first-order valence-corrected chi connectivity index (χ1v) is 16.3. The smallest absolute Gasteiger partial charge is 0.0709 e. The number of benzene rings is 3. The van der Waals surface area contributed by atoms with Gasteiger partial charge in [0.15, 0.2) is 0 Å². The van der Waals surface area contributed by atoms with E-state index in [0.29, 0.717) is 6.42 Å². The molecule has 0 spiro atoms. The second-order valence-corrected chi connectivity index (χ2v) is 11.7. The number of para-hydroxylation sites is 1. The van der Waals surface area contributed by atoms with E-state index in [0.717, 1.165) is 61.6 Å². The first-order chi connectivity index (χ1) is 23.4. The predicted octanol–water partition coefficient (Wildman–Crippen LogP) is 10.5. The van der Waals surface area contributed by atoms with Crippen molar-refractivity contribution in [2.45, 2.75) is 33.2 Å². The molecule has 4 heteroatoms. The first-order valence-electron chi connectivity index (χ1n) is 16.3. The molecule has 0 fully saturated rings. The SMILES string of the molecule is C=C/C(=C\c1c(C)c(C)c(-c2ccc(-c3ccc(/C(C=N)=C/C)cc3)cc2C=C)n1-c1ccccc1)C/C=C\C(=C/N)C1C=CC=CN1. The van der Waals surface area contributed by atoms with Crippen molar-refractivity contribution in [3.05, 3.63) is 180 Å². The Morgan fingerprint density at radius 3 is 2.33 bits per heavy atom. The molecule has 5 rings (SSSR count). The number of dihydropyridines is 1. The average Bonchev–Trinajstić information content (AvgIpc) is 3.38. The summed E-state index contributed by atoms with van der Waals surface area (Å²) < 4.78 is 2.36. The van der Waals surface area contributed by atoms with Gasteiger partial charge < -0.3 is 21.0 Å². The molecular weight excluding hydrogens is 585 g/mol. The Morgan fingerprint density at radius 1 is 0.958 bits per heavy atom. The van der Waals surface area contributed by atoms with Crippen molar-refractivity contribution in [2.75, 3.05) is 0 Å². The van der Waals surface area contributed by atoms with Gasteiger partial charge in [-0.2, -0.15) is 0 Å². The fourth-order valence-corrected chi connectivity index (χ4v) is 6.11. The van der Waals surface area contributed by atoms with Gasteiger partial charge >= 0.3 is 0 Å². The number of allylic oxidation sites excluding steroid dienone is 7. The standard InChI is InChI=1S/C44H44N4/c1-6-33(15-14-16-39(30-46)42-19-12-13-26-47-42)27-43-31(4)32(5)44(48(43)40-17-10-9-11-18-40)41-25-24-38(28-34(41)7-2)37-22-20-36(21-23-37)35(8-3)29-45/h6-14,16-30,42,45,47H,1-2,15,46H2,3-5H3/b16-14-,33-27+,35-8+,39-30+,45-29?. The molecule has 1 aromatic heterocycles. The van der Waals surface area contributed by atoms with Crippen molar-refractivity contribution in [2.24, 2.45) is 5.73 Å². The lowest BCUT2D eigenvalue weighted by Gasteiger charge is -2.17. The highest BCUT2D eigenvalue weighted by Gasteiger charge is 2.21. The molecule has 4 aromatic rings. The topological polar surface area (TPSA) is 66.8 Å².